The third kappa shape index (κ3) is 3.71. The molecular weight excluding hydrogens is 397 g/mol. The van der Waals surface area contributed by atoms with E-state index in [0.29, 0.717) is 11.6 Å². The van der Waals surface area contributed by atoms with Crippen molar-refractivity contribution < 1.29 is 9.53 Å². The quantitative estimate of drug-likeness (QED) is 0.801. The number of hydrogen-bond donors (Lipinski definition) is 1. The Bertz CT molecular complexity index is 876. The van der Waals surface area contributed by atoms with Gasteiger partial charge < -0.3 is 9.64 Å². The molecule has 1 spiro atoms. The lowest BCUT2D eigenvalue weighted by atomic mass is 9.96. The number of nitrogens with zero attached hydrogens (tertiary/aromatic N) is 2. The van der Waals surface area contributed by atoms with Crippen LogP contribution >= 0.6 is 24.0 Å². The Hall–Kier alpha value is -1.82. The highest BCUT2D eigenvalue weighted by Crippen LogP contribution is 2.39. The number of likely N-dealkylation sites (N-methyl/N-ethyl adjacent to an activating group) is 1. The fourth-order valence-electron chi connectivity index (χ4n) is 4.18. The second kappa shape index (κ2) is 8.27. The molecular formula is C21H25Cl2N3O2. The number of hydrogen-bond acceptors (Lipinski definition) is 4. The van der Waals surface area contributed by atoms with Gasteiger partial charge in [-0.1, -0.05) is 11.6 Å². The molecule has 7 heteroatoms. The highest BCUT2D eigenvalue weighted by Gasteiger charge is 2.50. The highest BCUT2D eigenvalue weighted by molar-refractivity contribution is 6.33. The third-order valence-corrected chi connectivity index (χ3v) is 5.97. The molecule has 2 fully saturated rings. The summed E-state index contributed by atoms with van der Waals surface area (Å²) in [5.41, 5.74) is 2.47. The van der Waals surface area contributed by atoms with E-state index < -0.39 is 5.54 Å². The SMILES string of the molecule is CCOc1ccc(Cl)c(-c2ccnc([C@H]3CC[C@@]4(CCN(C)C4=O)N3)c2)c1.Cl. The lowest BCUT2D eigenvalue weighted by molar-refractivity contribution is -0.131. The van der Waals surface area contributed by atoms with Crippen molar-refractivity contribution in [2.24, 2.45) is 0 Å². The molecule has 1 aromatic carbocycles. The van der Waals surface area contributed by atoms with Crippen molar-refractivity contribution >= 4 is 29.9 Å². The van der Waals surface area contributed by atoms with Crippen LogP contribution in [0.25, 0.3) is 11.1 Å². The molecule has 2 atom stereocenters. The Morgan fingerprint density at radius 2 is 2.14 bits per heavy atom. The predicted molar refractivity (Wildman–Crippen MR) is 113 cm³/mol. The number of amides is 1. The van der Waals surface area contributed by atoms with E-state index in [1.54, 1.807) is 0 Å². The van der Waals surface area contributed by atoms with E-state index in [-0.39, 0.29) is 24.4 Å². The van der Waals surface area contributed by atoms with Gasteiger partial charge in [-0.3, -0.25) is 15.1 Å². The molecule has 150 valence electrons. The van der Waals surface area contributed by atoms with E-state index in [9.17, 15) is 4.79 Å². The van der Waals surface area contributed by atoms with Crippen molar-refractivity contribution in [3.63, 3.8) is 0 Å². The number of benzene rings is 1. The number of nitrogens with one attached hydrogen (secondary N) is 1. The minimum absolute atomic E-state index is 0. The molecule has 3 heterocycles. The van der Waals surface area contributed by atoms with Crippen LogP contribution in [-0.4, -0.2) is 41.5 Å². The molecule has 2 aromatic rings. The first-order valence-electron chi connectivity index (χ1n) is 9.44. The first-order valence-corrected chi connectivity index (χ1v) is 9.82. The maximum absolute atomic E-state index is 12.5. The van der Waals surface area contributed by atoms with Gasteiger partial charge in [-0.05, 0) is 62.1 Å². The lowest BCUT2D eigenvalue weighted by Gasteiger charge is -2.23. The molecule has 4 rings (SSSR count). The number of halogens is 2. The van der Waals surface area contributed by atoms with Crippen LogP contribution in [0.2, 0.25) is 5.02 Å². The number of ether oxygens (including phenoxy) is 1. The van der Waals surface area contributed by atoms with Gasteiger partial charge in [0.15, 0.2) is 0 Å². The normalized spacial score (nSPS) is 23.9. The Morgan fingerprint density at radius 1 is 1.32 bits per heavy atom. The van der Waals surface area contributed by atoms with Crippen molar-refractivity contribution in [1.29, 1.82) is 0 Å². The molecule has 2 saturated heterocycles. The highest BCUT2D eigenvalue weighted by atomic mass is 35.5. The Morgan fingerprint density at radius 3 is 2.86 bits per heavy atom. The van der Waals surface area contributed by atoms with Gasteiger partial charge >= 0.3 is 0 Å². The van der Waals surface area contributed by atoms with E-state index in [2.05, 4.69) is 16.4 Å². The zero-order chi connectivity index (χ0) is 19.0. The maximum atomic E-state index is 12.5. The minimum atomic E-state index is -0.413. The Labute approximate surface area is 176 Å². The molecule has 28 heavy (non-hydrogen) atoms. The lowest BCUT2D eigenvalue weighted by Crippen LogP contribution is -2.47. The molecule has 1 aromatic heterocycles. The summed E-state index contributed by atoms with van der Waals surface area (Å²) in [7, 11) is 1.87. The van der Waals surface area contributed by atoms with Crippen LogP contribution in [0.5, 0.6) is 5.75 Å². The molecule has 1 amide bonds. The molecule has 5 nitrogen and oxygen atoms in total. The standard InChI is InChI=1S/C21H24ClN3O2.ClH/c1-3-27-15-4-5-17(22)16(13-15)14-7-10-23-19(12-14)18-6-8-21(24-18)9-11-25(2)20(21)26;/h4-5,7,10,12-13,18,24H,3,6,8-9,11H2,1-2H3;1H/t18-,21+;/m1./s1. The van der Waals surface area contributed by atoms with Crippen molar-refractivity contribution in [1.82, 2.24) is 15.2 Å². The molecule has 2 aliphatic rings. The number of pyridine rings is 1. The molecule has 2 aliphatic heterocycles. The Kier molecular flexibility index (Phi) is 6.18. The van der Waals surface area contributed by atoms with Crippen LogP contribution in [0.4, 0.5) is 0 Å². The fraction of sp³-hybridized carbons (Fsp3) is 0.429. The molecule has 0 bridgehead atoms. The second-order valence-corrected chi connectivity index (χ2v) is 7.75. The van der Waals surface area contributed by atoms with E-state index in [1.165, 1.54) is 0 Å². The van der Waals surface area contributed by atoms with Gasteiger partial charge in [-0.2, -0.15) is 0 Å². The monoisotopic (exact) mass is 421 g/mol. The molecule has 0 saturated carbocycles. The van der Waals surface area contributed by atoms with Crippen LogP contribution in [0.3, 0.4) is 0 Å². The van der Waals surface area contributed by atoms with E-state index >= 15 is 0 Å². The largest absolute Gasteiger partial charge is 0.494 e. The first-order chi connectivity index (χ1) is 13.0. The first kappa shape index (κ1) is 20.9. The van der Waals surface area contributed by atoms with Crippen LogP contribution in [0, 0.1) is 0 Å². The van der Waals surface area contributed by atoms with Crippen molar-refractivity contribution in [3.8, 4) is 16.9 Å². The summed E-state index contributed by atoms with van der Waals surface area (Å²) in [4.78, 5) is 18.9. The van der Waals surface area contributed by atoms with Gasteiger partial charge in [-0.25, -0.2) is 0 Å². The third-order valence-electron chi connectivity index (χ3n) is 5.64. The average molecular weight is 422 g/mol. The topological polar surface area (TPSA) is 54.5 Å². The number of carbonyl (C=O) groups excluding carboxylic acids is 1. The Balaban J connectivity index is 0.00000225. The van der Waals surface area contributed by atoms with Crippen LogP contribution in [-0.2, 0) is 4.79 Å². The minimum Gasteiger partial charge on any atom is -0.494 e. The van der Waals surface area contributed by atoms with Gasteiger partial charge in [0.05, 0.1) is 18.3 Å². The number of aromatic nitrogens is 1. The number of rotatable bonds is 4. The summed E-state index contributed by atoms with van der Waals surface area (Å²) >= 11 is 6.43. The molecule has 0 unspecified atom stereocenters. The number of carbonyl (C=O) groups is 1. The second-order valence-electron chi connectivity index (χ2n) is 7.34. The summed E-state index contributed by atoms with van der Waals surface area (Å²) in [6, 6.07) is 9.80. The van der Waals surface area contributed by atoms with Gasteiger partial charge in [0.1, 0.15) is 11.3 Å². The van der Waals surface area contributed by atoms with E-state index in [0.717, 1.165) is 48.4 Å². The summed E-state index contributed by atoms with van der Waals surface area (Å²) in [6.45, 7) is 3.38. The molecule has 1 N–H and O–H groups in total. The summed E-state index contributed by atoms with van der Waals surface area (Å²) in [5, 5.41) is 4.26. The van der Waals surface area contributed by atoms with Crippen LogP contribution < -0.4 is 10.1 Å². The van der Waals surface area contributed by atoms with Crippen molar-refractivity contribution in [3.05, 3.63) is 47.2 Å². The maximum Gasteiger partial charge on any atom is 0.242 e. The van der Waals surface area contributed by atoms with Gasteiger partial charge in [0.2, 0.25) is 5.91 Å². The smallest absolute Gasteiger partial charge is 0.242 e. The zero-order valence-electron chi connectivity index (χ0n) is 16.1. The zero-order valence-corrected chi connectivity index (χ0v) is 17.6. The molecule has 0 aliphatic carbocycles. The van der Waals surface area contributed by atoms with Crippen LogP contribution in [0.15, 0.2) is 36.5 Å². The van der Waals surface area contributed by atoms with E-state index in [4.69, 9.17) is 16.3 Å². The summed E-state index contributed by atoms with van der Waals surface area (Å²) in [5.74, 6) is 1.00. The van der Waals surface area contributed by atoms with Gasteiger partial charge in [0, 0.05) is 30.4 Å². The fourth-order valence-corrected chi connectivity index (χ4v) is 4.40. The van der Waals surface area contributed by atoms with E-state index in [1.807, 2.05) is 49.3 Å². The average Bonchev–Trinajstić information content (AvgIpc) is 3.24. The summed E-state index contributed by atoms with van der Waals surface area (Å²) < 4.78 is 5.61. The van der Waals surface area contributed by atoms with Crippen molar-refractivity contribution in [2.45, 2.75) is 37.8 Å². The molecule has 0 radical (unpaired) electrons. The summed E-state index contributed by atoms with van der Waals surface area (Å²) in [6.07, 6.45) is 4.43. The predicted octanol–water partition coefficient (Wildman–Crippen LogP) is 4.25. The van der Waals surface area contributed by atoms with Gasteiger partial charge in [-0.15, -0.1) is 12.4 Å². The number of likely N-dealkylation sites (tertiary alicyclic amines) is 1. The van der Waals surface area contributed by atoms with Crippen LogP contribution in [0.1, 0.15) is 37.9 Å². The van der Waals surface area contributed by atoms with Gasteiger partial charge in [0.25, 0.3) is 0 Å². The van der Waals surface area contributed by atoms with Crippen molar-refractivity contribution in [2.75, 3.05) is 20.2 Å².